The predicted molar refractivity (Wildman–Crippen MR) is 68.6 cm³/mol. The lowest BCUT2D eigenvalue weighted by Gasteiger charge is -2.50. The highest BCUT2D eigenvalue weighted by Gasteiger charge is 2.46. The van der Waals surface area contributed by atoms with E-state index >= 15 is 0 Å². The number of nitrogens with two attached hydrogens (primary N) is 4. The summed E-state index contributed by atoms with van der Waals surface area (Å²) in [4.78, 5) is 0. The van der Waals surface area contributed by atoms with E-state index in [4.69, 9.17) is 22.9 Å². The molecule has 0 bridgehead atoms. The van der Waals surface area contributed by atoms with Gasteiger partial charge in [-0.25, -0.2) is 0 Å². The zero-order chi connectivity index (χ0) is 12.1. The van der Waals surface area contributed by atoms with Gasteiger partial charge in [-0.2, -0.15) is 0 Å². The molecule has 0 aromatic rings. The molecule has 96 valence electrons. The largest absolute Gasteiger partial charge is 0.330 e. The Hall–Kier alpha value is -0.160. The van der Waals surface area contributed by atoms with E-state index in [0.29, 0.717) is 0 Å². The van der Waals surface area contributed by atoms with Gasteiger partial charge in [-0.15, -0.1) is 0 Å². The highest BCUT2D eigenvalue weighted by atomic mass is 15.0. The van der Waals surface area contributed by atoms with Crippen LogP contribution in [0.3, 0.4) is 0 Å². The molecule has 1 fully saturated rings. The van der Waals surface area contributed by atoms with E-state index in [2.05, 4.69) is 0 Å². The average Bonchev–Trinajstić information content (AvgIpc) is 2.26. The second-order valence-electron chi connectivity index (χ2n) is 5.31. The van der Waals surface area contributed by atoms with Crippen LogP contribution in [0.1, 0.15) is 51.4 Å². The van der Waals surface area contributed by atoms with Gasteiger partial charge in [-0.3, -0.25) is 0 Å². The van der Waals surface area contributed by atoms with Crippen molar-refractivity contribution in [3.8, 4) is 0 Å². The molecule has 0 aromatic heterocycles. The van der Waals surface area contributed by atoms with Crippen molar-refractivity contribution < 1.29 is 0 Å². The fourth-order valence-corrected chi connectivity index (χ4v) is 3.10. The molecule has 4 heteroatoms. The van der Waals surface area contributed by atoms with Crippen LogP contribution in [-0.4, -0.2) is 18.8 Å². The fraction of sp³-hybridized carbons (Fsp3) is 1.00. The molecule has 0 unspecified atom stereocenters. The summed E-state index contributed by atoms with van der Waals surface area (Å²) in [5.41, 5.74) is 23.5. The number of hydrogen-bond donors (Lipinski definition) is 4. The maximum absolute atomic E-state index is 6.33. The molecule has 0 amide bonds. The Bertz CT molecular complexity index is 195. The van der Waals surface area contributed by atoms with Gasteiger partial charge < -0.3 is 22.9 Å². The van der Waals surface area contributed by atoms with Crippen LogP contribution < -0.4 is 22.9 Å². The monoisotopic (exact) mass is 228 g/mol. The van der Waals surface area contributed by atoms with Crippen molar-refractivity contribution in [2.75, 3.05) is 13.1 Å². The van der Waals surface area contributed by atoms with Crippen LogP contribution in [0.15, 0.2) is 0 Å². The smallest absolute Gasteiger partial charge is 0.0694 e. The lowest BCUT2D eigenvalue weighted by atomic mass is 9.62. The summed E-state index contributed by atoms with van der Waals surface area (Å²) in [5, 5.41) is 0. The third-order valence-electron chi connectivity index (χ3n) is 4.20. The summed E-state index contributed by atoms with van der Waals surface area (Å²) in [6, 6.07) is 0. The van der Waals surface area contributed by atoms with E-state index < -0.39 is 5.66 Å². The van der Waals surface area contributed by atoms with Crippen molar-refractivity contribution in [3.05, 3.63) is 0 Å². The highest BCUT2D eigenvalue weighted by molar-refractivity contribution is 5.01. The Balaban J connectivity index is 2.73. The van der Waals surface area contributed by atoms with Crippen LogP contribution in [0.5, 0.6) is 0 Å². The minimum absolute atomic E-state index is 0.0734. The quantitative estimate of drug-likeness (QED) is 0.501. The Morgan fingerprint density at radius 2 is 1.31 bits per heavy atom. The molecule has 1 saturated carbocycles. The maximum Gasteiger partial charge on any atom is 0.0694 e. The summed E-state index contributed by atoms with van der Waals surface area (Å²) >= 11 is 0. The van der Waals surface area contributed by atoms with E-state index in [-0.39, 0.29) is 5.41 Å². The summed E-state index contributed by atoms with van der Waals surface area (Å²) in [5.74, 6) is 0. The molecule has 16 heavy (non-hydrogen) atoms. The lowest BCUT2D eigenvalue weighted by molar-refractivity contribution is 0.0423. The molecule has 0 radical (unpaired) electrons. The SMILES string of the molecule is NCCCC1(CCCN)CCCCC1(N)N. The molecule has 0 aliphatic heterocycles. The molecule has 0 heterocycles. The van der Waals surface area contributed by atoms with E-state index in [1.54, 1.807) is 0 Å². The van der Waals surface area contributed by atoms with Gasteiger partial charge in [0.2, 0.25) is 0 Å². The molecular formula is C12H28N4. The van der Waals surface area contributed by atoms with E-state index in [9.17, 15) is 0 Å². The van der Waals surface area contributed by atoms with Crippen molar-refractivity contribution >= 4 is 0 Å². The summed E-state index contributed by atoms with van der Waals surface area (Å²) < 4.78 is 0. The minimum Gasteiger partial charge on any atom is -0.330 e. The van der Waals surface area contributed by atoms with Gasteiger partial charge in [0.05, 0.1) is 5.66 Å². The van der Waals surface area contributed by atoms with Gasteiger partial charge in [-0.05, 0) is 51.6 Å². The molecule has 1 aliphatic carbocycles. The number of hydrogen-bond acceptors (Lipinski definition) is 4. The van der Waals surface area contributed by atoms with E-state index in [1.807, 2.05) is 0 Å². The highest BCUT2D eigenvalue weighted by Crippen LogP contribution is 2.46. The molecule has 4 nitrogen and oxygen atoms in total. The predicted octanol–water partition coefficient (Wildman–Crippen LogP) is 0.638. The average molecular weight is 228 g/mol. The van der Waals surface area contributed by atoms with Crippen LogP contribution in [0.4, 0.5) is 0 Å². The van der Waals surface area contributed by atoms with Gasteiger partial charge in [0.15, 0.2) is 0 Å². The molecule has 0 saturated heterocycles. The van der Waals surface area contributed by atoms with Crippen LogP contribution >= 0.6 is 0 Å². The van der Waals surface area contributed by atoms with Gasteiger partial charge in [-0.1, -0.05) is 12.8 Å². The Morgan fingerprint density at radius 3 is 1.75 bits per heavy atom. The Morgan fingerprint density at radius 1 is 0.812 bits per heavy atom. The van der Waals surface area contributed by atoms with Gasteiger partial charge in [0.1, 0.15) is 0 Å². The molecular weight excluding hydrogens is 200 g/mol. The Kier molecular flexibility index (Phi) is 5.18. The molecule has 0 atom stereocenters. The van der Waals surface area contributed by atoms with Crippen molar-refractivity contribution in [1.82, 2.24) is 0 Å². The first-order valence-electron chi connectivity index (χ1n) is 6.56. The zero-order valence-electron chi connectivity index (χ0n) is 10.4. The zero-order valence-corrected chi connectivity index (χ0v) is 10.4. The second kappa shape index (κ2) is 5.96. The van der Waals surface area contributed by atoms with Crippen LogP contribution in [0.2, 0.25) is 0 Å². The van der Waals surface area contributed by atoms with Gasteiger partial charge >= 0.3 is 0 Å². The molecule has 1 rings (SSSR count). The fourth-order valence-electron chi connectivity index (χ4n) is 3.10. The first kappa shape index (κ1) is 13.9. The van der Waals surface area contributed by atoms with Crippen molar-refractivity contribution in [2.24, 2.45) is 28.3 Å². The summed E-state index contributed by atoms with van der Waals surface area (Å²) in [6.07, 6.45) is 8.60. The third kappa shape index (κ3) is 2.94. The van der Waals surface area contributed by atoms with Crippen molar-refractivity contribution in [2.45, 2.75) is 57.0 Å². The van der Waals surface area contributed by atoms with Crippen LogP contribution in [0.25, 0.3) is 0 Å². The number of rotatable bonds is 6. The van der Waals surface area contributed by atoms with Crippen LogP contribution in [0, 0.1) is 5.41 Å². The van der Waals surface area contributed by atoms with Crippen LogP contribution in [-0.2, 0) is 0 Å². The van der Waals surface area contributed by atoms with Gasteiger partial charge in [0, 0.05) is 5.41 Å². The normalized spacial score (nSPS) is 23.2. The molecule has 0 aromatic carbocycles. The molecule has 0 spiro atoms. The minimum atomic E-state index is -0.518. The first-order chi connectivity index (χ1) is 7.58. The molecule has 8 N–H and O–H groups in total. The van der Waals surface area contributed by atoms with E-state index in [0.717, 1.165) is 58.0 Å². The lowest BCUT2D eigenvalue weighted by Crippen LogP contribution is -2.64. The maximum atomic E-state index is 6.33. The van der Waals surface area contributed by atoms with Crippen molar-refractivity contribution in [3.63, 3.8) is 0 Å². The van der Waals surface area contributed by atoms with Crippen molar-refractivity contribution in [1.29, 1.82) is 0 Å². The summed E-state index contributed by atoms with van der Waals surface area (Å²) in [6.45, 7) is 1.45. The topological polar surface area (TPSA) is 104 Å². The van der Waals surface area contributed by atoms with Gasteiger partial charge in [0.25, 0.3) is 0 Å². The summed E-state index contributed by atoms with van der Waals surface area (Å²) in [7, 11) is 0. The van der Waals surface area contributed by atoms with E-state index in [1.165, 1.54) is 6.42 Å². The second-order valence-corrected chi connectivity index (χ2v) is 5.31. The Labute approximate surface area is 99.1 Å². The molecule has 1 aliphatic rings. The standard InChI is InChI=1S/C12H28N4/c13-9-3-6-11(7-4-10-14)5-1-2-8-12(11,15)16/h1-10,13-16H2. The third-order valence-corrected chi connectivity index (χ3v) is 4.20. The first-order valence-corrected chi connectivity index (χ1v) is 6.56.